The minimum absolute atomic E-state index is 0.327. The first kappa shape index (κ1) is 12.8. The van der Waals surface area contributed by atoms with Gasteiger partial charge >= 0.3 is 0 Å². The fourth-order valence-electron chi connectivity index (χ4n) is 1.86. The molecule has 0 saturated carbocycles. The molecule has 20 heavy (non-hydrogen) atoms. The summed E-state index contributed by atoms with van der Waals surface area (Å²) < 4.78 is 6.14. The maximum absolute atomic E-state index is 5.76. The summed E-state index contributed by atoms with van der Waals surface area (Å²) in [5.41, 5.74) is 9.51. The maximum atomic E-state index is 5.76. The Morgan fingerprint density at radius 1 is 1.30 bits per heavy atom. The topological polar surface area (TPSA) is 86.0 Å². The van der Waals surface area contributed by atoms with Crippen LogP contribution in [0, 0.1) is 0 Å². The second-order valence-electron chi connectivity index (χ2n) is 4.19. The summed E-state index contributed by atoms with van der Waals surface area (Å²) in [5.74, 6) is 1.61. The van der Waals surface area contributed by atoms with Gasteiger partial charge in [-0.25, -0.2) is 15.0 Å². The number of ether oxygens (including phenoxy) is 1. The lowest BCUT2D eigenvalue weighted by Crippen LogP contribution is -2.04. The molecular formula is C13H13N5OS. The van der Waals surface area contributed by atoms with Crippen LogP contribution >= 0.6 is 11.3 Å². The van der Waals surface area contributed by atoms with Crippen molar-refractivity contribution in [3.05, 3.63) is 35.6 Å². The van der Waals surface area contributed by atoms with Crippen LogP contribution in [-0.2, 0) is 11.3 Å². The van der Waals surface area contributed by atoms with Crippen LogP contribution in [0.25, 0.3) is 10.2 Å². The smallest absolute Gasteiger partial charge is 0.158 e. The van der Waals surface area contributed by atoms with Crippen molar-refractivity contribution in [2.45, 2.75) is 6.61 Å². The first-order valence-corrected chi connectivity index (χ1v) is 6.85. The second-order valence-corrected chi connectivity index (χ2v) is 5.07. The number of nitrogens with two attached hydrogens (primary N) is 1. The summed E-state index contributed by atoms with van der Waals surface area (Å²) in [5, 5.41) is 3.22. The molecule has 0 spiro atoms. The lowest BCUT2D eigenvalue weighted by Gasteiger charge is -2.08. The van der Waals surface area contributed by atoms with Crippen molar-refractivity contribution in [1.82, 2.24) is 15.0 Å². The molecule has 3 rings (SSSR count). The molecular weight excluding hydrogens is 274 g/mol. The second kappa shape index (κ2) is 5.40. The Bertz CT molecular complexity index is 742. The molecule has 0 radical (unpaired) electrons. The van der Waals surface area contributed by atoms with Gasteiger partial charge in [0.05, 0.1) is 15.7 Å². The molecule has 6 nitrogen and oxygen atoms in total. The standard InChI is InChI=1S/C13H13N5OS/c1-19-6-13-17-11(14)5-12(18-13)16-8-2-3-9-10(4-8)20-7-15-9/h2-5,7H,6H2,1H3,(H3,14,16,17,18). The lowest BCUT2D eigenvalue weighted by atomic mass is 10.3. The van der Waals surface area contributed by atoms with E-state index in [9.17, 15) is 0 Å². The van der Waals surface area contributed by atoms with Crippen LogP contribution in [0.1, 0.15) is 5.82 Å². The summed E-state index contributed by atoms with van der Waals surface area (Å²) in [6.45, 7) is 0.327. The van der Waals surface area contributed by atoms with Crippen LogP contribution in [0.3, 0.4) is 0 Å². The van der Waals surface area contributed by atoms with E-state index < -0.39 is 0 Å². The highest BCUT2D eigenvalue weighted by Gasteiger charge is 2.04. The summed E-state index contributed by atoms with van der Waals surface area (Å²) in [7, 11) is 1.59. The highest BCUT2D eigenvalue weighted by atomic mass is 32.1. The van der Waals surface area contributed by atoms with Gasteiger partial charge in [0.2, 0.25) is 0 Å². The first-order chi connectivity index (χ1) is 9.74. The van der Waals surface area contributed by atoms with E-state index >= 15 is 0 Å². The third-order valence-electron chi connectivity index (χ3n) is 2.67. The van der Waals surface area contributed by atoms with E-state index in [0.717, 1.165) is 15.9 Å². The van der Waals surface area contributed by atoms with Crippen LogP contribution in [0.2, 0.25) is 0 Å². The van der Waals surface area contributed by atoms with Crippen molar-refractivity contribution < 1.29 is 4.74 Å². The number of benzene rings is 1. The van der Waals surface area contributed by atoms with Gasteiger partial charge in [-0.3, -0.25) is 0 Å². The Morgan fingerprint density at radius 2 is 2.20 bits per heavy atom. The van der Waals surface area contributed by atoms with Gasteiger partial charge in [-0.15, -0.1) is 11.3 Å². The van der Waals surface area contributed by atoms with Crippen LogP contribution < -0.4 is 11.1 Å². The van der Waals surface area contributed by atoms with Gasteiger partial charge in [0.15, 0.2) is 5.82 Å². The molecule has 0 unspecified atom stereocenters. The highest BCUT2D eigenvalue weighted by molar-refractivity contribution is 7.16. The molecule has 2 heterocycles. The fourth-order valence-corrected chi connectivity index (χ4v) is 2.57. The van der Waals surface area contributed by atoms with E-state index in [1.54, 1.807) is 24.5 Å². The zero-order valence-electron chi connectivity index (χ0n) is 10.8. The minimum Gasteiger partial charge on any atom is -0.384 e. The largest absolute Gasteiger partial charge is 0.384 e. The first-order valence-electron chi connectivity index (χ1n) is 5.97. The number of aromatic nitrogens is 3. The van der Waals surface area contributed by atoms with E-state index in [-0.39, 0.29) is 0 Å². The molecule has 0 aliphatic heterocycles. The third-order valence-corrected chi connectivity index (χ3v) is 3.46. The number of hydrogen-bond acceptors (Lipinski definition) is 7. The highest BCUT2D eigenvalue weighted by Crippen LogP contribution is 2.24. The fraction of sp³-hybridized carbons (Fsp3) is 0.154. The van der Waals surface area contributed by atoms with E-state index in [4.69, 9.17) is 10.5 Å². The van der Waals surface area contributed by atoms with Crippen molar-refractivity contribution in [3.8, 4) is 0 Å². The summed E-state index contributed by atoms with van der Waals surface area (Å²) in [6, 6.07) is 7.64. The summed E-state index contributed by atoms with van der Waals surface area (Å²) >= 11 is 1.60. The SMILES string of the molecule is COCc1nc(N)cc(Nc2ccc3ncsc3c2)n1. The summed E-state index contributed by atoms with van der Waals surface area (Å²) in [4.78, 5) is 12.7. The maximum Gasteiger partial charge on any atom is 0.158 e. The number of nitrogens with zero attached hydrogens (tertiary/aromatic N) is 3. The van der Waals surface area contributed by atoms with E-state index in [0.29, 0.717) is 24.1 Å². The van der Waals surface area contributed by atoms with Crippen molar-refractivity contribution in [2.24, 2.45) is 0 Å². The Morgan fingerprint density at radius 3 is 3.05 bits per heavy atom. The number of fused-ring (bicyclic) bond motifs is 1. The Hall–Kier alpha value is -2.25. The number of anilines is 3. The molecule has 0 atom stereocenters. The molecule has 1 aromatic carbocycles. The number of nitrogens with one attached hydrogen (secondary N) is 1. The van der Waals surface area contributed by atoms with Crippen LogP contribution in [-0.4, -0.2) is 22.1 Å². The Labute approximate surface area is 119 Å². The lowest BCUT2D eigenvalue weighted by molar-refractivity contribution is 0.178. The van der Waals surface area contributed by atoms with Crippen molar-refractivity contribution in [1.29, 1.82) is 0 Å². The molecule has 3 aromatic rings. The summed E-state index contributed by atoms with van der Waals surface area (Å²) in [6.07, 6.45) is 0. The Balaban J connectivity index is 1.89. The van der Waals surface area contributed by atoms with Crippen LogP contribution in [0.4, 0.5) is 17.3 Å². The van der Waals surface area contributed by atoms with Crippen molar-refractivity contribution in [2.75, 3.05) is 18.2 Å². The number of methoxy groups -OCH3 is 1. The van der Waals surface area contributed by atoms with Crippen molar-refractivity contribution >= 4 is 38.9 Å². The Kier molecular flexibility index (Phi) is 3.44. The van der Waals surface area contributed by atoms with Gasteiger partial charge in [-0.05, 0) is 18.2 Å². The van der Waals surface area contributed by atoms with Gasteiger partial charge in [-0.2, -0.15) is 0 Å². The van der Waals surface area contributed by atoms with Crippen LogP contribution in [0.5, 0.6) is 0 Å². The van der Waals surface area contributed by atoms with Gasteiger partial charge < -0.3 is 15.8 Å². The van der Waals surface area contributed by atoms with Crippen molar-refractivity contribution in [3.63, 3.8) is 0 Å². The van der Waals surface area contributed by atoms with Gasteiger partial charge in [-0.1, -0.05) is 0 Å². The molecule has 0 aliphatic rings. The molecule has 0 saturated heterocycles. The third kappa shape index (κ3) is 2.68. The molecule has 2 aromatic heterocycles. The molecule has 7 heteroatoms. The van der Waals surface area contributed by atoms with E-state index in [2.05, 4.69) is 20.3 Å². The zero-order valence-corrected chi connectivity index (χ0v) is 11.6. The molecule has 0 amide bonds. The number of nitrogen functional groups attached to an aromatic ring is 1. The molecule has 0 aliphatic carbocycles. The number of hydrogen-bond donors (Lipinski definition) is 2. The van der Waals surface area contributed by atoms with E-state index in [1.165, 1.54) is 0 Å². The van der Waals surface area contributed by atoms with E-state index in [1.807, 2.05) is 23.7 Å². The number of rotatable bonds is 4. The quantitative estimate of drug-likeness (QED) is 0.767. The normalized spacial score (nSPS) is 10.8. The molecule has 0 bridgehead atoms. The van der Waals surface area contributed by atoms with Gasteiger partial charge in [0.25, 0.3) is 0 Å². The predicted octanol–water partition coefficient (Wildman–Crippen LogP) is 2.56. The molecule has 102 valence electrons. The predicted molar refractivity (Wildman–Crippen MR) is 80.1 cm³/mol. The zero-order chi connectivity index (χ0) is 13.9. The molecule has 3 N–H and O–H groups in total. The number of thiazole rings is 1. The van der Waals surface area contributed by atoms with Crippen LogP contribution in [0.15, 0.2) is 29.8 Å². The minimum atomic E-state index is 0.327. The molecule has 0 fully saturated rings. The van der Waals surface area contributed by atoms with Gasteiger partial charge in [0, 0.05) is 18.9 Å². The average Bonchev–Trinajstić information content (AvgIpc) is 2.85. The average molecular weight is 287 g/mol. The monoisotopic (exact) mass is 287 g/mol. The van der Waals surface area contributed by atoms with Gasteiger partial charge in [0.1, 0.15) is 18.2 Å².